The van der Waals surface area contributed by atoms with Gasteiger partial charge < -0.3 is 5.73 Å². The largest absolute Gasteiger partial charge is 0.399 e. The number of benzene rings is 1. The van der Waals surface area contributed by atoms with Crippen molar-refractivity contribution in [2.45, 2.75) is 6.32 Å². The van der Waals surface area contributed by atoms with E-state index in [1.165, 1.54) is 0 Å². The lowest BCUT2D eigenvalue weighted by atomic mass is 9.96. The number of nitrogen functional groups attached to an aromatic ring is 1. The zero-order chi connectivity index (χ0) is 8.27. The molecular weight excluding hydrogens is 137 g/mol. The molecule has 0 atom stereocenters. The Morgan fingerprint density at radius 1 is 1.36 bits per heavy atom. The van der Waals surface area contributed by atoms with Crippen molar-refractivity contribution < 1.29 is 4.79 Å². The van der Waals surface area contributed by atoms with Crippen LogP contribution in [0.25, 0.3) is 0 Å². The van der Waals surface area contributed by atoms with Gasteiger partial charge in [0.1, 0.15) is 0 Å². The monoisotopic (exact) mass is 145 g/mol. The normalized spacial score (nSPS) is 9.45. The van der Waals surface area contributed by atoms with Gasteiger partial charge in [0.05, 0.1) is 7.85 Å². The Labute approximate surface area is 66.8 Å². The van der Waals surface area contributed by atoms with Crippen molar-refractivity contribution in [3.8, 4) is 0 Å². The third kappa shape index (κ3) is 1.83. The number of carbonyl (C=O) groups is 1. The first kappa shape index (κ1) is 7.86. The van der Waals surface area contributed by atoms with Crippen LogP contribution in [0.1, 0.15) is 10.4 Å². The van der Waals surface area contributed by atoms with E-state index in [9.17, 15) is 4.79 Å². The van der Waals surface area contributed by atoms with Gasteiger partial charge in [0.15, 0.2) is 5.78 Å². The van der Waals surface area contributed by atoms with E-state index in [2.05, 4.69) is 0 Å². The molecule has 0 aliphatic carbocycles. The van der Waals surface area contributed by atoms with Gasteiger partial charge in [-0.3, -0.25) is 4.79 Å². The van der Waals surface area contributed by atoms with Crippen LogP contribution in [0.2, 0.25) is 6.32 Å². The van der Waals surface area contributed by atoms with E-state index >= 15 is 0 Å². The highest BCUT2D eigenvalue weighted by Crippen LogP contribution is 2.06. The van der Waals surface area contributed by atoms with Gasteiger partial charge in [0.25, 0.3) is 0 Å². The molecule has 1 aromatic rings. The van der Waals surface area contributed by atoms with Gasteiger partial charge in [0, 0.05) is 11.3 Å². The third-order valence-electron chi connectivity index (χ3n) is 1.42. The van der Waals surface area contributed by atoms with Crippen LogP contribution >= 0.6 is 0 Å². The average Bonchev–Trinajstić information content (AvgIpc) is 2.05. The Bertz CT molecular complexity index is 255. The zero-order valence-corrected chi connectivity index (χ0v) is 6.08. The summed E-state index contributed by atoms with van der Waals surface area (Å²) in [5, 5.41) is 0. The Morgan fingerprint density at radius 3 is 2.36 bits per heavy atom. The maximum Gasteiger partial charge on any atom is 0.154 e. The van der Waals surface area contributed by atoms with Crippen LogP contribution in [0.3, 0.4) is 0 Å². The van der Waals surface area contributed by atoms with E-state index in [1.54, 1.807) is 24.3 Å². The minimum atomic E-state index is -0.0648. The number of hydrogen-bond acceptors (Lipinski definition) is 2. The molecule has 0 unspecified atom stereocenters. The molecule has 0 aliphatic heterocycles. The molecule has 0 fully saturated rings. The molecule has 0 bridgehead atoms. The first-order valence-electron chi connectivity index (χ1n) is 3.33. The molecule has 0 aromatic heterocycles. The van der Waals surface area contributed by atoms with Gasteiger partial charge in [-0.05, 0) is 30.6 Å². The second kappa shape index (κ2) is 3.24. The van der Waals surface area contributed by atoms with Gasteiger partial charge in [-0.15, -0.1) is 0 Å². The maximum atomic E-state index is 11.0. The first-order chi connectivity index (χ1) is 5.24. The molecule has 54 valence electrons. The number of anilines is 1. The molecule has 0 saturated heterocycles. The Kier molecular flexibility index (Phi) is 2.31. The van der Waals surface area contributed by atoms with E-state index in [0.29, 0.717) is 11.3 Å². The summed E-state index contributed by atoms with van der Waals surface area (Å²) in [4.78, 5) is 11.0. The standard InChI is InChI=1S/C8H8BNO/c9-5-8(11)6-1-3-7(10)4-2-6/h1-4H,5,10H2. The van der Waals surface area contributed by atoms with Crippen molar-refractivity contribution >= 4 is 19.3 Å². The summed E-state index contributed by atoms with van der Waals surface area (Å²) in [6.07, 6.45) is 0.0456. The number of rotatable bonds is 2. The fourth-order valence-electron chi connectivity index (χ4n) is 0.787. The van der Waals surface area contributed by atoms with Gasteiger partial charge in [-0.25, -0.2) is 0 Å². The average molecular weight is 145 g/mol. The minimum Gasteiger partial charge on any atom is -0.399 e. The highest BCUT2D eigenvalue weighted by molar-refractivity contribution is 6.24. The Morgan fingerprint density at radius 2 is 1.91 bits per heavy atom. The summed E-state index contributed by atoms with van der Waals surface area (Å²) in [5.74, 6) is -0.0648. The van der Waals surface area contributed by atoms with Crippen LogP contribution in [0.4, 0.5) is 5.69 Å². The topological polar surface area (TPSA) is 43.1 Å². The van der Waals surface area contributed by atoms with E-state index in [-0.39, 0.29) is 12.1 Å². The summed E-state index contributed by atoms with van der Waals surface area (Å²) in [6, 6.07) is 6.71. The first-order valence-corrected chi connectivity index (χ1v) is 3.33. The van der Waals surface area contributed by atoms with E-state index in [4.69, 9.17) is 13.6 Å². The lowest BCUT2D eigenvalue weighted by molar-refractivity contribution is 0.101. The molecule has 0 heterocycles. The molecule has 0 amide bonds. The third-order valence-corrected chi connectivity index (χ3v) is 1.42. The molecule has 2 N–H and O–H groups in total. The molecule has 2 nitrogen and oxygen atoms in total. The van der Waals surface area contributed by atoms with Gasteiger partial charge in [0.2, 0.25) is 0 Å². The van der Waals surface area contributed by atoms with E-state index in [1.807, 2.05) is 0 Å². The number of ketones is 1. The van der Waals surface area contributed by atoms with Gasteiger partial charge in [-0.2, -0.15) is 0 Å². The number of carbonyl (C=O) groups excluding carboxylic acids is 1. The smallest absolute Gasteiger partial charge is 0.154 e. The van der Waals surface area contributed by atoms with Crippen molar-refractivity contribution in [3.63, 3.8) is 0 Å². The molecule has 0 aliphatic rings. The molecule has 2 radical (unpaired) electrons. The van der Waals surface area contributed by atoms with Crippen LogP contribution < -0.4 is 5.73 Å². The summed E-state index contributed by atoms with van der Waals surface area (Å²) in [5.41, 5.74) is 6.69. The Balaban J connectivity index is 2.90. The predicted molar refractivity (Wildman–Crippen MR) is 45.7 cm³/mol. The molecule has 0 spiro atoms. The quantitative estimate of drug-likeness (QED) is 0.383. The van der Waals surface area contributed by atoms with E-state index < -0.39 is 0 Å². The molecule has 0 saturated carbocycles. The van der Waals surface area contributed by atoms with Crippen molar-refractivity contribution in [1.82, 2.24) is 0 Å². The lowest BCUT2D eigenvalue weighted by Crippen LogP contribution is -1.97. The van der Waals surface area contributed by atoms with Crippen LogP contribution in [0.15, 0.2) is 24.3 Å². The zero-order valence-electron chi connectivity index (χ0n) is 6.08. The molecule has 1 aromatic carbocycles. The van der Waals surface area contributed by atoms with Crippen molar-refractivity contribution in [2.75, 3.05) is 5.73 Å². The number of nitrogens with two attached hydrogens (primary N) is 1. The predicted octanol–water partition coefficient (Wildman–Crippen LogP) is 1.04. The maximum absolute atomic E-state index is 11.0. The lowest BCUT2D eigenvalue weighted by Gasteiger charge is -1.96. The summed E-state index contributed by atoms with van der Waals surface area (Å²) in [6.45, 7) is 0. The van der Waals surface area contributed by atoms with Crippen molar-refractivity contribution in [1.29, 1.82) is 0 Å². The molecule has 3 heteroatoms. The summed E-state index contributed by atoms with van der Waals surface area (Å²) < 4.78 is 0. The van der Waals surface area contributed by atoms with Crippen molar-refractivity contribution in [3.05, 3.63) is 29.8 Å². The van der Waals surface area contributed by atoms with Crippen LogP contribution in [0.5, 0.6) is 0 Å². The highest BCUT2D eigenvalue weighted by atomic mass is 16.1. The highest BCUT2D eigenvalue weighted by Gasteiger charge is 1.99. The summed E-state index contributed by atoms with van der Waals surface area (Å²) in [7, 11) is 5.16. The molecule has 1 rings (SSSR count). The second-order valence-electron chi connectivity index (χ2n) is 2.25. The van der Waals surface area contributed by atoms with Crippen LogP contribution in [0, 0.1) is 0 Å². The summed E-state index contributed by atoms with van der Waals surface area (Å²) >= 11 is 0. The second-order valence-corrected chi connectivity index (χ2v) is 2.25. The molecule has 11 heavy (non-hydrogen) atoms. The Hall–Kier alpha value is -1.25. The van der Waals surface area contributed by atoms with Crippen LogP contribution in [-0.2, 0) is 0 Å². The number of hydrogen-bond donors (Lipinski definition) is 1. The SMILES string of the molecule is [B]CC(=O)c1ccc(N)cc1. The fourth-order valence-corrected chi connectivity index (χ4v) is 0.787. The van der Waals surface area contributed by atoms with Crippen LogP contribution in [-0.4, -0.2) is 13.6 Å². The fraction of sp³-hybridized carbons (Fsp3) is 0.125. The van der Waals surface area contributed by atoms with Gasteiger partial charge >= 0.3 is 0 Å². The van der Waals surface area contributed by atoms with Gasteiger partial charge in [-0.1, -0.05) is 0 Å². The number of Topliss-reactive ketones (excluding diaryl/α,β-unsaturated/α-hetero) is 1. The van der Waals surface area contributed by atoms with E-state index in [0.717, 1.165) is 0 Å². The minimum absolute atomic E-state index is 0.0456. The molecular formula is C8H8BNO. The van der Waals surface area contributed by atoms with Crippen molar-refractivity contribution in [2.24, 2.45) is 0 Å².